The van der Waals surface area contributed by atoms with Crippen molar-refractivity contribution in [3.8, 4) is 28.6 Å². The first-order chi connectivity index (χ1) is 13.6. The Morgan fingerprint density at radius 1 is 1.04 bits per heavy atom. The van der Waals surface area contributed by atoms with Gasteiger partial charge in [-0.3, -0.25) is 0 Å². The molecule has 0 unspecified atom stereocenters. The highest BCUT2D eigenvalue weighted by Gasteiger charge is 2.20. The average molecular weight is 396 g/mol. The van der Waals surface area contributed by atoms with E-state index >= 15 is 0 Å². The molecule has 4 rings (SSSR count). The second kappa shape index (κ2) is 7.69. The van der Waals surface area contributed by atoms with E-state index in [0.29, 0.717) is 16.9 Å². The van der Waals surface area contributed by atoms with E-state index in [4.69, 9.17) is 9.15 Å². The SMILES string of the molecule is COc1ccc(-c2nnc([C@@H](C)Sc3nnnn3-c3ccc(O)cc3)o2)cc1. The lowest BCUT2D eigenvalue weighted by Crippen LogP contribution is -2.00. The van der Waals surface area contributed by atoms with Gasteiger partial charge in [0.1, 0.15) is 11.5 Å². The van der Waals surface area contributed by atoms with E-state index in [1.165, 1.54) is 11.8 Å². The monoisotopic (exact) mass is 396 g/mol. The number of hydrogen-bond acceptors (Lipinski definition) is 9. The summed E-state index contributed by atoms with van der Waals surface area (Å²) in [5.41, 5.74) is 1.55. The van der Waals surface area contributed by atoms with Crippen molar-refractivity contribution < 1.29 is 14.3 Å². The van der Waals surface area contributed by atoms with Gasteiger partial charge in [-0.1, -0.05) is 11.8 Å². The van der Waals surface area contributed by atoms with Crippen LogP contribution in [0, 0.1) is 0 Å². The first-order valence-corrected chi connectivity index (χ1v) is 9.24. The molecule has 4 aromatic rings. The van der Waals surface area contributed by atoms with E-state index in [2.05, 4.69) is 25.7 Å². The minimum atomic E-state index is -0.165. The first kappa shape index (κ1) is 18.0. The molecular formula is C18H16N6O3S. The lowest BCUT2D eigenvalue weighted by Gasteiger charge is -2.07. The Bertz CT molecular complexity index is 1060. The number of ether oxygens (including phenoxy) is 1. The van der Waals surface area contributed by atoms with Crippen LogP contribution in [0.3, 0.4) is 0 Å². The van der Waals surface area contributed by atoms with E-state index in [1.54, 1.807) is 36.1 Å². The number of phenols is 1. The Hall–Kier alpha value is -3.40. The van der Waals surface area contributed by atoms with Crippen molar-refractivity contribution >= 4 is 11.8 Å². The van der Waals surface area contributed by atoms with Gasteiger partial charge < -0.3 is 14.3 Å². The van der Waals surface area contributed by atoms with Crippen LogP contribution < -0.4 is 4.74 Å². The smallest absolute Gasteiger partial charge is 0.247 e. The maximum absolute atomic E-state index is 9.44. The third-order valence-corrected chi connectivity index (χ3v) is 4.96. The number of aromatic nitrogens is 6. The summed E-state index contributed by atoms with van der Waals surface area (Å²) in [6.45, 7) is 1.94. The van der Waals surface area contributed by atoms with Crippen LogP contribution in [0.25, 0.3) is 17.1 Å². The molecule has 0 spiro atoms. The van der Waals surface area contributed by atoms with Gasteiger partial charge in [0, 0.05) is 5.56 Å². The highest BCUT2D eigenvalue weighted by molar-refractivity contribution is 7.99. The summed E-state index contributed by atoms with van der Waals surface area (Å²) < 4.78 is 12.6. The molecule has 2 aromatic heterocycles. The summed E-state index contributed by atoms with van der Waals surface area (Å²) in [5, 5.41) is 29.9. The molecule has 10 heteroatoms. The third kappa shape index (κ3) is 3.67. The predicted molar refractivity (Wildman–Crippen MR) is 101 cm³/mol. The quantitative estimate of drug-likeness (QED) is 0.491. The number of methoxy groups -OCH3 is 1. The number of phenolic OH excluding ortho intramolecular Hbond substituents is 1. The maximum Gasteiger partial charge on any atom is 0.247 e. The number of aromatic hydroxyl groups is 1. The van der Waals surface area contributed by atoms with E-state index in [1.807, 2.05) is 31.2 Å². The molecule has 0 bridgehead atoms. The van der Waals surface area contributed by atoms with Gasteiger partial charge >= 0.3 is 0 Å². The van der Waals surface area contributed by atoms with Crippen LogP contribution >= 0.6 is 11.8 Å². The van der Waals surface area contributed by atoms with Crippen molar-refractivity contribution in [2.24, 2.45) is 0 Å². The molecule has 0 fully saturated rings. The number of tetrazole rings is 1. The summed E-state index contributed by atoms with van der Waals surface area (Å²) in [4.78, 5) is 0. The van der Waals surface area contributed by atoms with Crippen LogP contribution in [-0.4, -0.2) is 42.6 Å². The molecule has 0 saturated heterocycles. The lowest BCUT2D eigenvalue weighted by molar-refractivity contribution is 0.415. The molecular weight excluding hydrogens is 380 g/mol. The fourth-order valence-corrected chi connectivity index (χ4v) is 3.30. The Morgan fingerprint density at radius 2 is 1.79 bits per heavy atom. The molecule has 0 amide bonds. The fourth-order valence-electron chi connectivity index (χ4n) is 2.47. The molecule has 28 heavy (non-hydrogen) atoms. The zero-order valence-corrected chi connectivity index (χ0v) is 15.9. The van der Waals surface area contributed by atoms with Crippen LogP contribution in [0.1, 0.15) is 18.1 Å². The summed E-state index contributed by atoms with van der Waals surface area (Å²) in [6, 6.07) is 14.0. The first-order valence-electron chi connectivity index (χ1n) is 8.36. The zero-order valence-electron chi connectivity index (χ0n) is 15.1. The normalized spacial score (nSPS) is 12.1. The van der Waals surface area contributed by atoms with Crippen LogP contribution in [-0.2, 0) is 0 Å². The number of hydrogen-bond donors (Lipinski definition) is 1. The summed E-state index contributed by atoms with van der Waals surface area (Å²) >= 11 is 1.39. The number of nitrogens with zero attached hydrogens (tertiary/aromatic N) is 6. The van der Waals surface area contributed by atoms with Crippen LogP contribution in [0.15, 0.2) is 58.1 Å². The minimum Gasteiger partial charge on any atom is -0.508 e. The number of rotatable bonds is 6. The summed E-state index contributed by atoms with van der Waals surface area (Å²) in [5.74, 6) is 1.84. The standard InChI is InChI=1S/C18H16N6O3S/c1-11(16-19-20-17(27-16)12-3-9-15(26-2)10-4-12)28-18-21-22-23-24(18)13-5-7-14(25)8-6-13/h3-11,25H,1-2H3/t11-/m1/s1. The second-order valence-electron chi connectivity index (χ2n) is 5.82. The molecule has 9 nitrogen and oxygen atoms in total. The Labute approximate surface area is 164 Å². The molecule has 0 aliphatic rings. The van der Waals surface area contributed by atoms with Crippen molar-refractivity contribution in [3.63, 3.8) is 0 Å². The van der Waals surface area contributed by atoms with Gasteiger partial charge in [0.05, 0.1) is 18.0 Å². The lowest BCUT2D eigenvalue weighted by atomic mass is 10.2. The number of benzene rings is 2. The largest absolute Gasteiger partial charge is 0.508 e. The van der Waals surface area contributed by atoms with Crippen molar-refractivity contribution in [2.45, 2.75) is 17.3 Å². The molecule has 2 heterocycles. The third-order valence-electron chi connectivity index (χ3n) is 3.94. The molecule has 142 valence electrons. The predicted octanol–water partition coefficient (Wildman–Crippen LogP) is 3.28. The van der Waals surface area contributed by atoms with Gasteiger partial charge in [-0.2, -0.15) is 4.68 Å². The van der Waals surface area contributed by atoms with E-state index in [0.717, 1.165) is 17.0 Å². The summed E-state index contributed by atoms with van der Waals surface area (Å²) in [6.07, 6.45) is 0. The van der Waals surface area contributed by atoms with Crippen molar-refractivity contribution in [1.82, 2.24) is 30.4 Å². The van der Waals surface area contributed by atoms with Gasteiger partial charge in [0.25, 0.3) is 0 Å². The maximum atomic E-state index is 9.44. The van der Waals surface area contributed by atoms with Crippen molar-refractivity contribution in [3.05, 3.63) is 54.4 Å². The number of thioether (sulfide) groups is 1. The van der Waals surface area contributed by atoms with Crippen molar-refractivity contribution in [1.29, 1.82) is 0 Å². The highest BCUT2D eigenvalue weighted by Crippen LogP contribution is 2.34. The molecule has 2 aromatic carbocycles. The fraction of sp³-hybridized carbons (Fsp3) is 0.167. The zero-order chi connectivity index (χ0) is 19.5. The van der Waals surface area contributed by atoms with Gasteiger partial charge in [0.15, 0.2) is 0 Å². The molecule has 0 aliphatic carbocycles. The van der Waals surface area contributed by atoms with E-state index in [-0.39, 0.29) is 11.0 Å². The van der Waals surface area contributed by atoms with Crippen LogP contribution in [0.5, 0.6) is 11.5 Å². The average Bonchev–Trinajstić information content (AvgIpc) is 3.39. The van der Waals surface area contributed by atoms with Crippen LogP contribution in [0.4, 0.5) is 0 Å². The van der Waals surface area contributed by atoms with Gasteiger partial charge in [-0.25, -0.2) is 0 Å². The summed E-state index contributed by atoms with van der Waals surface area (Å²) in [7, 11) is 1.62. The van der Waals surface area contributed by atoms with Gasteiger partial charge in [-0.05, 0) is 65.9 Å². The van der Waals surface area contributed by atoms with Gasteiger partial charge in [-0.15, -0.1) is 15.3 Å². The molecule has 0 radical (unpaired) electrons. The van der Waals surface area contributed by atoms with E-state index < -0.39 is 0 Å². The van der Waals surface area contributed by atoms with E-state index in [9.17, 15) is 5.11 Å². The highest BCUT2D eigenvalue weighted by atomic mass is 32.2. The Morgan fingerprint density at radius 3 is 2.50 bits per heavy atom. The van der Waals surface area contributed by atoms with Crippen molar-refractivity contribution in [2.75, 3.05) is 7.11 Å². The topological polar surface area (TPSA) is 112 Å². The molecule has 0 aliphatic heterocycles. The Balaban J connectivity index is 1.52. The Kier molecular flexibility index (Phi) is 4.94. The second-order valence-corrected chi connectivity index (χ2v) is 7.13. The van der Waals surface area contributed by atoms with Crippen LogP contribution in [0.2, 0.25) is 0 Å². The molecule has 1 atom stereocenters. The minimum absolute atomic E-state index is 0.165. The van der Waals surface area contributed by atoms with Gasteiger partial charge in [0.2, 0.25) is 16.9 Å². The molecule has 1 N–H and O–H groups in total. The molecule has 0 saturated carbocycles.